The highest BCUT2D eigenvalue weighted by Gasteiger charge is 2.28. The van der Waals surface area contributed by atoms with Crippen LogP contribution in [-0.2, 0) is 14.3 Å². The summed E-state index contributed by atoms with van der Waals surface area (Å²) < 4.78 is 5.06. The number of ether oxygens (including phenoxy) is 1. The Morgan fingerprint density at radius 1 is 1.26 bits per heavy atom. The van der Waals surface area contributed by atoms with E-state index in [0.717, 1.165) is 38.6 Å². The van der Waals surface area contributed by atoms with Gasteiger partial charge in [-0.15, -0.1) is 0 Å². The lowest BCUT2D eigenvalue weighted by Gasteiger charge is -2.28. The van der Waals surface area contributed by atoms with Gasteiger partial charge in [0.25, 0.3) is 0 Å². The van der Waals surface area contributed by atoms with Crippen molar-refractivity contribution in [1.29, 1.82) is 0 Å². The number of nitrogens with one attached hydrogen (secondary N) is 2. The van der Waals surface area contributed by atoms with Gasteiger partial charge in [0.05, 0.1) is 19.1 Å². The fourth-order valence-corrected chi connectivity index (χ4v) is 2.41. The molecule has 1 aliphatic rings. The average molecular weight is 270 g/mol. The Hall–Kier alpha value is -1.10. The van der Waals surface area contributed by atoms with Gasteiger partial charge in [-0.25, -0.2) is 0 Å². The Morgan fingerprint density at radius 2 is 2.05 bits per heavy atom. The molecule has 0 saturated heterocycles. The Bertz CT molecular complexity index is 294. The first-order chi connectivity index (χ1) is 9.17. The second-order valence-electron chi connectivity index (χ2n) is 5.04. The topological polar surface area (TPSA) is 67.4 Å². The number of esters is 1. The minimum Gasteiger partial charge on any atom is -0.466 e. The van der Waals surface area contributed by atoms with E-state index >= 15 is 0 Å². The molecule has 5 heteroatoms. The van der Waals surface area contributed by atoms with Crippen LogP contribution in [0.1, 0.15) is 46.0 Å². The maximum absolute atomic E-state index is 11.7. The molecule has 1 rings (SSSR count). The average Bonchev–Trinajstić information content (AvgIpc) is 2.43. The molecule has 0 aromatic carbocycles. The minimum atomic E-state index is -0.0931. The zero-order valence-corrected chi connectivity index (χ0v) is 12.0. The molecule has 2 atom stereocenters. The second-order valence-corrected chi connectivity index (χ2v) is 5.04. The summed E-state index contributed by atoms with van der Waals surface area (Å²) in [4.78, 5) is 23.2. The lowest BCUT2D eigenvalue weighted by Crippen LogP contribution is -2.42. The van der Waals surface area contributed by atoms with E-state index in [1.807, 2.05) is 13.8 Å². The van der Waals surface area contributed by atoms with Gasteiger partial charge in [-0.3, -0.25) is 9.59 Å². The maximum Gasteiger partial charge on any atom is 0.308 e. The highest BCUT2D eigenvalue weighted by molar-refractivity contribution is 5.78. The van der Waals surface area contributed by atoms with Gasteiger partial charge in [0, 0.05) is 12.6 Å². The number of hydrogen-bond donors (Lipinski definition) is 2. The third-order valence-corrected chi connectivity index (χ3v) is 3.42. The monoisotopic (exact) mass is 270 g/mol. The van der Waals surface area contributed by atoms with Crippen molar-refractivity contribution in [3.8, 4) is 0 Å². The van der Waals surface area contributed by atoms with Gasteiger partial charge in [-0.05, 0) is 32.6 Å². The summed E-state index contributed by atoms with van der Waals surface area (Å²) in [6.07, 6.45) is 4.66. The number of carbonyl (C=O) groups is 2. The molecule has 0 bridgehead atoms. The number of amides is 1. The maximum atomic E-state index is 11.7. The van der Waals surface area contributed by atoms with Crippen LogP contribution in [0.5, 0.6) is 0 Å². The summed E-state index contributed by atoms with van der Waals surface area (Å²) in [6, 6.07) is 0.246. The smallest absolute Gasteiger partial charge is 0.308 e. The van der Waals surface area contributed by atoms with Gasteiger partial charge < -0.3 is 15.4 Å². The first-order valence-corrected chi connectivity index (χ1v) is 7.34. The van der Waals surface area contributed by atoms with Crippen molar-refractivity contribution < 1.29 is 14.3 Å². The fourth-order valence-electron chi connectivity index (χ4n) is 2.41. The molecule has 0 aliphatic heterocycles. The van der Waals surface area contributed by atoms with Gasteiger partial charge >= 0.3 is 5.97 Å². The van der Waals surface area contributed by atoms with Crippen molar-refractivity contribution in [2.75, 3.05) is 19.7 Å². The molecule has 110 valence electrons. The summed E-state index contributed by atoms with van der Waals surface area (Å²) in [7, 11) is 0. The molecule has 2 unspecified atom stereocenters. The highest BCUT2D eigenvalue weighted by atomic mass is 16.5. The lowest BCUT2D eigenvalue weighted by atomic mass is 9.86. The Kier molecular flexibility index (Phi) is 7.48. The lowest BCUT2D eigenvalue weighted by molar-refractivity contribution is -0.149. The highest BCUT2D eigenvalue weighted by Crippen LogP contribution is 2.25. The SMILES string of the molecule is CCCNC(=O)CNC1CCCC(C(=O)OCC)C1. The summed E-state index contributed by atoms with van der Waals surface area (Å²) in [5.41, 5.74) is 0. The molecule has 5 nitrogen and oxygen atoms in total. The molecule has 1 saturated carbocycles. The quantitative estimate of drug-likeness (QED) is 0.683. The van der Waals surface area contributed by atoms with Crippen LogP contribution in [0.4, 0.5) is 0 Å². The van der Waals surface area contributed by atoms with Crippen LogP contribution in [0.2, 0.25) is 0 Å². The molecule has 1 fully saturated rings. The van der Waals surface area contributed by atoms with Crippen molar-refractivity contribution in [2.45, 2.75) is 52.0 Å². The van der Waals surface area contributed by atoms with E-state index in [-0.39, 0.29) is 23.8 Å². The van der Waals surface area contributed by atoms with Crippen LogP contribution in [0.15, 0.2) is 0 Å². The van der Waals surface area contributed by atoms with E-state index < -0.39 is 0 Å². The third kappa shape index (κ3) is 6.05. The predicted molar refractivity (Wildman–Crippen MR) is 73.7 cm³/mol. The van der Waals surface area contributed by atoms with Crippen LogP contribution >= 0.6 is 0 Å². The zero-order valence-electron chi connectivity index (χ0n) is 12.0. The molecular formula is C14H26N2O3. The van der Waals surface area contributed by atoms with Crippen LogP contribution in [0.25, 0.3) is 0 Å². The Labute approximate surface area is 115 Å². The second kappa shape index (κ2) is 8.91. The third-order valence-electron chi connectivity index (χ3n) is 3.42. The van der Waals surface area contributed by atoms with E-state index in [0.29, 0.717) is 13.2 Å². The molecule has 0 aromatic heterocycles. The number of rotatable bonds is 7. The van der Waals surface area contributed by atoms with Crippen LogP contribution < -0.4 is 10.6 Å². The summed E-state index contributed by atoms with van der Waals surface area (Å²) in [5, 5.41) is 6.07. The summed E-state index contributed by atoms with van der Waals surface area (Å²) >= 11 is 0. The van der Waals surface area contributed by atoms with Crippen molar-refractivity contribution in [1.82, 2.24) is 10.6 Å². The van der Waals surface area contributed by atoms with E-state index in [1.165, 1.54) is 0 Å². The molecule has 0 aromatic rings. The molecular weight excluding hydrogens is 244 g/mol. The molecule has 1 amide bonds. The molecule has 0 radical (unpaired) electrons. The van der Waals surface area contributed by atoms with Gasteiger partial charge in [0.15, 0.2) is 0 Å². The molecule has 0 spiro atoms. The first kappa shape index (κ1) is 16.0. The van der Waals surface area contributed by atoms with E-state index in [4.69, 9.17) is 4.74 Å². The van der Waals surface area contributed by atoms with E-state index in [1.54, 1.807) is 0 Å². The number of carbonyl (C=O) groups excluding carboxylic acids is 2. The summed E-state index contributed by atoms with van der Waals surface area (Å²) in [5.74, 6) is -0.0746. The van der Waals surface area contributed by atoms with Crippen molar-refractivity contribution in [3.63, 3.8) is 0 Å². The van der Waals surface area contributed by atoms with Crippen molar-refractivity contribution in [3.05, 3.63) is 0 Å². The zero-order chi connectivity index (χ0) is 14.1. The molecule has 2 N–H and O–H groups in total. The Balaban J connectivity index is 2.27. The predicted octanol–water partition coefficient (Wildman–Crippen LogP) is 1.22. The van der Waals surface area contributed by atoms with Crippen LogP contribution in [-0.4, -0.2) is 37.6 Å². The van der Waals surface area contributed by atoms with Crippen molar-refractivity contribution >= 4 is 11.9 Å². The van der Waals surface area contributed by atoms with Gasteiger partial charge in [-0.2, -0.15) is 0 Å². The summed E-state index contributed by atoms with van der Waals surface area (Å²) in [6.45, 7) is 5.34. The largest absolute Gasteiger partial charge is 0.466 e. The molecule has 1 aliphatic carbocycles. The Morgan fingerprint density at radius 3 is 2.74 bits per heavy atom. The molecule has 0 heterocycles. The fraction of sp³-hybridized carbons (Fsp3) is 0.857. The van der Waals surface area contributed by atoms with Gasteiger partial charge in [-0.1, -0.05) is 13.3 Å². The van der Waals surface area contributed by atoms with Crippen molar-refractivity contribution in [2.24, 2.45) is 5.92 Å². The van der Waals surface area contributed by atoms with E-state index in [9.17, 15) is 9.59 Å². The van der Waals surface area contributed by atoms with Gasteiger partial charge in [0.2, 0.25) is 5.91 Å². The van der Waals surface area contributed by atoms with Crippen LogP contribution in [0.3, 0.4) is 0 Å². The first-order valence-electron chi connectivity index (χ1n) is 7.34. The standard InChI is InChI=1S/C14H26N2O3/c1-3-8-15-13(17)10-16-12-7-5-6-11(9-12)14(18)19-4-2/h11-12,16H,3-10H2,1-2H3,(H,15,17). The molecule has 19 heavy (non-hydrogen) atoms. The van der Waals surface area contributed by atoms with Gasteiger partial charge in [0.1, 0.15) is 0 Å². The van der Waals surface area contributed by atoms with E-state index in [2.05, 4.69) is 10.6 Å². The van der Waals surface area contributed by atoms with Crippen LogP contribution in [0, 0.1) is 5.92 Å². The number of hydrogen-bond acceptors (Lipinski definition) is 4. The normalized spacial score (nSPS) is 22.8. The minimum absolute atomic E-state index is 0.00935.